The van der Waals surface area contributed by atoms with Crippen LogP contribution in [0.5, 0.6) is 0 Å². The van der Waals surface area contributed by atoms with Gasteiger partial charge in [-0.3, -0.25) is 4.98 Å². The van der Waals surface area contributed by atoms with Gasteiger partial charge in [-0.2, -0.15) is 13.2 Å². The molecule has 9 heteroatoms. The molecule has 0 amide bonds. The molecule has 0 radical (unpaired) electrons. The number of allylic oxidation sites excluding steroid dienone is 1. The van der Waals surface area contributed by atoms with Gasteiger partial charge >= 0.3 is 12.1 Å². The normalized spacial score (nSPS) is 22.0. The van der Waals surface area contributed by atoms with Gasteiger partial charge in [-0.1, -0.05) is 11.6 Å². The average molecular weight is 335 g/mol. The van der Waals surface area contributed by atoms with Crippen LogP contribution in [0.3, 0.4) is 0 Å². The minimum absolute atomic E-state index is 0.151. The number of aromatic nitrogens is 1. The predicted octanol–water partition coefficient (Wildman–Crippen LogP) is 2.51. The second-order valence-corrected chi connectivity index (χ2v) is 4.77. The summed E-state index contributed by atoms with van der Waals surface area (Å²) in [4.78, 5) is 15.5. The number of hydrogen-bond acceptors (Lipinski definition) is 5. The summed E-state index contributed by atoms with van der Waals surface area (Å²) >= 11 is 5.61. The van der Waals surface area contributed by atoms with Crippen LogP contribution in [0.2, 0.25) is 0 Å². The lowest BCUT2D eigenvalue weighted by Crippen LogP contribution is -2.63. The molecule has 0 fully saturated rings. The molecular formula is C13H10ClF3N2O3. The zero-order chi connectivity index (χ0) is 16.5. The van der Waals surface area contributed by atoms with Gasteiger partial charge in [-0.15, -0.1) is 0 Å². The number of halogens is 4. The lowest BCUT2D eigenvalue weighted by atomic mass is 9.92. The van der Waals surface area contributed by atoms with Crippen LogP contribution in [0, 0.1) is 0 Å². The molecule has 1 aromatic heterocycles. The minimum atomic E-state index is -5.10. The van der Waals surface area contributed by atoms with Gasteiger partial charge < -0.3 is 15.2 Å². The number of alkyl halides is 3. The molecule has 5 nitrogen and oxygen atoms in total. The van der Waals surface area contributed by atoms with E-state index >= 15 is 0 Å². The van der Waals surface area contributed by atoms with Crippen LogP contribution in [0.25, 0.3) is 5.70 Å². The smallest absolute Gasteiger partial charge is 0.427 e. The monoisotopic (exact) mass is 334 g/mol. The summed E-state index contributed by atoms with van der Waals surface area (Å²) in [6.07, 6.45) is -1.80. The quantitative estimate of drug-likeness (QED) is 0.813. The summed E-state index contributed by atoms with van der Waals surface area (Å²) < 4.78 is 44.7. The standard InChI is InChI=1S/C13H10ClF3N2O3/c1-22-11(21)12(13(15,16)17)9(14)5-8(20)10(19-12)7-3-2-4-18-6-7/h2-6,19-20H,1H3. The van der Waals surface area contributed by atoms with Crippen LogP contribution >= 0.6 is 11.6 Å². The summed E-state index contributed by atoms with van der Waals surface area (Å²) in [5.74, 6) is -2.20. The molecule has 2 rings (SSSR count). The molecule has 1 aliphatic heterocycles. The number of hydrogen-bond donors (Lipinski definition) is 2. The number of carbonyl (C=O) groups excluding carboxylic acids is 1. The molecular weight excluding hydrogens is 325 g/mol. The van der Waals surface area contributed by atoms with E-state index in [0.29, 0.717) is 6.08 Å². The van der Waals surface area contributed by atoms with Crippen molar-refractivity contribution in [3.63, 3.8) is 0 Å². The summed E-state index contributed by atoms with van der Waals surface area (Å²) in [6.45, 7) is 0. The second-order valence-electron chi connectivity index (χ2n) is 4.36. The third-order valence-electron chi connectivity index (χ3n) is 3.06. The predicted molar refractivity (Wildman–Crippen MR) is 71.7 cm³/mol. The van der Waals surface area contributed by atoms with E-state index in [1.807, 2.05) is 5.32 Å². The van der Waals surface area contributed by atoms with Crippen molar-refractivity contribution >= 4 is 23.3 Å². The van der Waals surface area contributed by atoms with Crippen LogP contribution in [-0.2, 0) is 9.53 Å². The minimum Gasteiger partial charge on any atom is -0.506 e. The van der Waals surface area contributed by atoms with Gasteiger partial charge in [0.15, 0.2) is 0 Å². The van der Waals surface area contributed by atoms with Gasteiger partial charge in [0.25, 0.3) is 5.54 Å². The van der Waals surface area contributed by atoms with E-state index < -0.39 is 28.5 Å². The van der Waals surface area contributed by atoms with Crippen molar-refractivity contribution in [2.75, 3.05) is 7.11 Å². The largest absolute Gasteiger partial charge is 0.506 e. The van der Waals surface area contributed by atoms with E-state index in [1.165, 1.54) is 24.5 Å². The lowest BCUT2D eigenvalue weighted by Gasteiger charge is -2.37. The van der Waals surface area contributed by atoms with E-state index in [1.54, 1.807) is 0 Å². The molecule has 1 aliphatic rings. The number of pyridine rings is 1. The van der Waals surface area contributed by atoms with Crippen molar-refractivity contribution in [2.24, 2.45) is 0 Å². The Balaban J connectivity index is 2.63. The molecule has 0 saturated carbocycles. The van der Waals surface area contributed by atoms with E-state index in [9.17, 15) is 23.1 Å². The molecule has 22 heavy (non-hydrogen) atoms. The Hall–Kier alpha value is -2.22. The summed E-state index contributed by atoms with van der Waals surface area (Å²) in [7, 11) is 0.809. The summed E-state index contributed by atoms with van der Waals surface area (Å²) in [5.41, 5.74) is -3.47. The summed E-state index contributed by atoms with van der Waals surface area (Å²) in [5, 5.41) is 10.9. The molecule has 0 bridgehead atoms. The van der Waals surface area contributed by atoms with E-state index in [2.05, 4.69) is 9.72 Å². The van der Waals surface area contributed by atoms with Crippen molar-refractivity contribution in [3.8, 4) is 0 Å². The zero-order valence-electron chi connectivity index (χ0n) is 11.1. The molecule has 2 N–H and O–H groups in total. The first-order chi connectivity index (χ1) is 10.2. The van der Waals surface area contributed by atoms with Crippen molar-refractivity contribution < 1.29 is 27.8 Å². The number of esters is 1. The highest BCUT2D eigenvalue weighted by atomic mass is 35.5. The maximum atomic E-state index is 13.5. The van der Waals surface area contributed by atoms with Crippen molar-refractivity contribution in [1.29, 1.82) is 0 Å². The Kier molecular flexibility index (Phi) is 4.06. The molecule has 0 aliphatic carbocycles. The number of ether oxygens (including phenoxy) is 1. The number of carbonyl (C=O) groups is 1. The maximum Gasteiger partial charge on any atom is 0.427 e. The fourth-order valence-electron chi connectivity index (χ4n) is 1.97. The maximum absolute atomic E-state index is 13.5. The highest BCUT2D eigenvalue weighted by Crippen LogP contribution is 2.43. The molecule has 2 heterocycles. The topological polar surface area (TPSA) is 71.5 Å². The van der Waals surface area contributed by atoms with Gasteiger partial charge in [-0.25, -0.2) is 4.79 Å². The van der Waals surface area contributed by atoms with Crippen LogP contribution < -0.4 is 5.32 Å². The van der Waals surface area contributed by atoms with Gasteiger partial charge in [0.05, 0.1) is 17.8 Å². The van der Waals surface area contributed by atoms with Crippen LogP contribution in [-0.4, -0.2) is 34.9 Å². The molecule has 0 spiro atoms. The fourth-order valence-corrected chi connectivity index (χ4v) is 2.30. The van der Waals surface area contributed by atoms with Gasteiger partial charge in [-0.05, 0) is 18.2 Å². The number of aliphatic hydroxyl groups is 1. The lowest BCUT2D eigenvalue weighted by molar-refractivity contribution is -0.199. The molecule has 1 atom stereocenters. The van der Waals surface area contributed by atoms with E-state index in [4.69, 9.17) is 11.6 Å². The van der Waals surface area contributed by atoms with E-state index in [0.717, 1.165) is 7.11 Å². The van der Waals surface area contributed by atoms with E-state index in [-0.39, 0.29) is 11.3 Å². The molecule has 0 aromatic carbocycles. The number of methoxy groups -OCH3 is 1. The SMILES string of the molecule is COC(=O)C1(C(F)(F)F)NC(c2cccnc2)=C(O)C=C1Cl. The number of aliphatic hydroxyl groups excluding tert-OH is 1. The fraction of sp³-hybridized carbons (Fsp3) is 0.231. The molecule has 1 unspecified atom stereocenters. The van der Waals surface area contributed by atoms with Crippen molar-refractivity contribution in [2.45, 2.75) is 11.7 Å². The number of rotatable bonds is 2. The number of dihydropyridines is 1. The number of nitrogens with one attached hydrogen (secondary N) is 1. The first kappa shape index (κ1) is 16.2. The third kappa shape index (κ3) is 2.39. The zero-order valence-corrected chi connectivity index (χ0v) is 11.9. The van der Waals surface area contributed by atoms with Gasteiger partial charge in [0, 0.05) is 18.0 Å². The Morgan fingerprint density at radius 3 is 2.68 bits per heavy atom. The summed E-state index contributed by atoms with van der Waals surface area (Å²) in [6, 6.07) is 2.88. The molecule has 118 valence electrons. The molecule has 1 aromatic rings. The Morgan fingerprint density at radius 2 is 2.18 bits per heavy atom. The first-order valence-corrected chi connectivity index (χ1v) is 6.26. The average Bonchev–Trinajstić information content (AvgIpc) is 2.46. The van der Waals surface area contributed by atoms with Gasteiger partial charge in [0.1, 0.15) is 5.76 Å². The molecule has 0 saturated heterocycles. The Labute approximate surface area is 128 Å². The van der Waals surface area contributed by atoms with Crippen LogP contribution in [0.1, 0.15) is 5.56 Å². The highest BCUT2D eigenvalue weighted by Gasteiger charge is 2.65. The highest BCUT2D eigenvalue weighted by molar-refractivity contribution is 6.33. The second kappa shape index (κ2) is 5.53. The van der Waals surface area contributed by atoms with Crippen molar-refractivity contribution in [3.05, 3.63) is 47.0 Å². The number of nitrogens with zero attached hydrogens (tertiary/aromatic N) is 1. The third-order valence-corrected chi connectivity index (χ3v) is 3.45. The Bertz CT molecular complexity index is 658. The van der Waals surface area contributed by atoms with Crippen molar-refractivity contribution in [1.82, 2.24) is 10.3 Å². The van der Waals surface area contributed by atoms with Crippen LogP contribution in [0.4, 0.5) is 13.2 Å². The Morgan fingerprint density at radius 1 is 1.50 bits per heavy atom. The first-order valence-electron chi connectivity index (χ1n) is 5.88. The van der Waals surface area contributed by atoms with Crippen LogP contribution in [0.15, 0.2) is 41.4 Å². The van der Waals surface area contributed by atoms with Gasteiger partial charge in [0.2, 0.25) is 0 Å².